The third kappa shape index (κ3) is 6.41. The van der Waals surface area contributed by atoms with Gasteiger partial charge in [0.05, 0.1) is 18.0 Å². The molecule has 0 heterocycles. The van der Waals surface area contributed by atoms with E-state index in [0.717, 1.165) is 6.07 Å². The van der Waals surface area contributed by atoms with Crippen molar-refractivity contribution in [2.75, 3.05) is 6.61 Å². The van der Waals surface area contributed by atoms with Gasteiger partial charge in [0.1, 0.15) is 6.04 Å². The van der Waals surface area contributed by atoms with Crippen molar-refractivity contribution in [2.45, 2.75) is 32.7 Å². The summed E-state index contributed by atoms with van der Waals surface area (Å²) in [6, 6.07) is 2.96. The van der Waals surface area contributed by atoms with Crippen molar-refractivity contribution in [3.63, 3.8) is 0 Å². The van der Waals surface area contributed by atoms with Crippen molar-refractivity contribution in [1.29, 1.82) is 0 Å². The Morgan fingerprint density at radius 2 is 2.08 bits per heavy atom. The molecule has 0 aromatic heterocycles. The Morgan fingerprint density at radius 3 is 2.62 bits per heavy atom. The molecule has 2 N–H and O–H groups in total. The molecule has 9 heteroatoms. The van der Waals surface area contributed by atoms with Crippen LogP contribution >= 0.6 is 11.6 Å². The number of hydrogen-bond acceptors (Lipinski definition) is 5. The lowest BCUT2D eigenvalue weighted by Gasteiger charge is -2.16. The summed E-state index contributed by atoms with van der Waals surface area (Å²) in [4.78, 5) is 33.2. The number of aliphatic carboxylic acids is 1. The second-order valence-electron chi connectivity index (χ2n) is 5.56. The topological polar surface area (TPSA) is 119 Å². The van der Waals surface area contributed by atoms with Gasteiger partial charge in [-0.3, -0.25) is 14.9 Å². The van der Waals surface area contributed by atoms with Gasteiger partial charge in [0.25, 0.3) is 0 Å². The first-order valence-corrected chi connectivity index (χ1v) is 7.67. The summed E-state index contributed by atoms with van der Waals surface area (Å²) < 4.78 is 5.24. The van der Waals surface area contributed by atoms with Crippen LogP contribution in [0.1, 0.15) is 26.7 Å². The van der Waals surface area contributed by atoms with E-state index in [-0.39, 0.29) is 35.4 Å². The molecule has 8 nitrogen and oxygen atoms in total. The second-order valence-corrected chi connectivity index (χ2v) is 5.99. The average Bonchev–Trinajstić information content (AvgIpc) is 2.47. The number of benzene rings is 1. The first-order valence-electron chi connectivity index (χ1n) is 7.29. The number of nitro benzene ring substituents is 1. The maximum Gasteiger partial charge on any atom is 0.326 e. The van der Waals surface area contributed by atoms with E-state index >= 15 is 0 Å². The molecule has 1 rings (SSSR count). The fourth-order valence-electron chi connectivity index (χ4n) is 1.97. The zero-order valence-electron chi connectivity index (χ0n) is 13.3. The number of nitrogens with one attached hydrogen (secondary N) is 1. The minimum absolute atomic E-state index is 0.00540. The van der Waals surface area contributed by atoms with Crippen molar-refractivity contribution in [3.05, 3.63) is 33.3 Å². The van der Waals surface area contributed by atoms with Crippen molar-refractivity contribution >= 4 is 29.2 Å². The number of ether oxygens (including phenoxy) is 1. The van der Waals surface area contributed by atoms with Gasteiger partial charge in [-0.15, -0.1) is 0 Å². The van der Waals surface area contributed by atoms with Crippen LogP contribution in [0, 0.1) is 16.0 Å². The molecule has 0 aliphatic rings. The van der Waals surface area contributed by atoms with E-state index in [9.17, 15) is 19.7 Å². The summed E-state index contributed by atoms with van der Waals surface area (Å²) in [5.74, 6) is -1.50. The molecule has 0 spiro atoms. The maximum atomic E-state index is 11.8. The number of carbonyl (C=O) groups excluding carboxylic acids is 1. The largest absolute Gasteiger partial charge is 0.486 e. The van der Waals surface area contributed by atoms with Gasteiger partial charge < -0.3 is 15.2 Å². The van der Waals surface area contributed by atoms with Gasteiger partial charge in [-0.05, 0) is 24.5 Å². The highest BCUT2D eigenvalue weighted by atomic mass is 35.5. The van der Waals surface area contributed by atoms with Crippen LogP contribution in [0.5, 0.6) is 5.75 Å². The number of amides is 1. The summed E-state index contributed by atoms with van der Waals surface area (Å²) in [5, 5.41) is 22.6. The van der Waals surface area contributed by atoms with Gasteiger partial charge in [-0.25, -0.2) is 4.79 Å². The zero-order valence-corrected chi connectivity index (χ0v) is 14.1. The number of carbonyl (C=O) groups is 2. The lowest BCUT2D eigenvalue weighted by atomic mass is 10.0. The highest BCUT2D eigenvalue weighted by molar-refractivity contribution is 6.30. The van der Waals surface area contributed by atoms with Gasteiger partial charge in [-0.2, -0.15) is 0 Å². The van der Waals surface area contributed by atoms with Crippen molar-refractivity contribution in [3.8, 4) is 5.75 Å². The molecule has 1 aromatic carbocycles. The normalized spacial score (nSPS) is 11.8. The van der Waals surface area contributed by atoms with E-state index in [1.54, 1.807) is 0 Å². The lowest BCUT2D eigenvalue weighted by molar-refractivity contribution is -0.385. The van der Waals surface area contributed by atoms with Gasteiger partial charge in [0, 0.05) is 11.1 Å². The number of halogens is 1. The Kier molecular flexibility index (Phi) is 7.44. The fourth-order valence-corrected chi connectivity index (χ4v) is 2.13. The number of carboxylic acid groups (broad SMARTS) is 1. The van der Waals surface area contributed by atoms with Crippen LogP contribution in [0.2, 0.25) is 5.02 Å². The Morgan fingerprint density at radius 1 is 1.42 bits per heavy atom. The molecule has 0 bridgehead atoms. The molecular weight excluding hydrogens is 340 g/mol. The van der Waals surface area contributed by atoms with Gasteiger partial charge in [0.2, 0.25) is 5.91 Å². The molecule has 0 aliphatic heterocycles. The number of hydrogen-bond donors (Lipinski definition) is 2. The van der Waals surface area contributed by atoms with Crippen LogP contribution in [0.15, 0.2) is 18.2 Å². The molecule has 1 atom stereocenters. The monoisotopic (exact) mass is 358 g/mol. The van der Waals surface area contributed by atoms with E-state index in [4.69, 9.17) is 21.4 Å². The summed E-state index contributed by atoms with van der Waals surface area (Å²) in [6.45, 7) is 3.58. The molecule has 0 fully saturated rings. The number of nitro groups is 1. The van der Waals surface area contributed by atoms with E-state index < -0.39 is 22.8 Å². The quantitative estimate of drug-likeness (QED) is 0.517. The molecule has 1 aromatic rings. The third-order valence-corrected chi connectivity index (χ3v) is 3.28. The van der Waals surface area contributed by atoms with E-state index in [2.05, 4.69) is 5.32 Å². The average molecular weight is 359 g/mol. The molecule has 0 saturated carbocycles. The molecule has 0 aliphatic carbocycles. The molecular formula is C15H19ClN2O6. The van der Waals surface area contributed by atoms with Gasteiger partial charge in [0.15, 0.2) is 5.75 Å². The van der Waals surface area contributed by atoms with Crippen LogP contribution in [0.3, 0.4) is 0 Å². The summed E-state index contributed by atoms with van der Waals surface area (Å²) >= 11 is 5.69. The SMILES string of the molecule is CC(C)CC(NC(=O)CCOc1ccc(Cl)cc1[N+](=O)[O-])C(=O)O. The van der Waals surface area contributed by atoms with Crippen LogP contribution in [0.4, 0.5) is 5.69 Å². The number of carboxylic acids is 1. The Bertz CT molecular complexity index is 620. The smallest absolute Gasteiger partial charge is 0.326 e. The van der Waals surface area contributed by atoms with E-state index in [0.29, 0.717) is 6.42 Å². The van der Waals surface area contributed by atoms with Crippen LogP contribution in [-0.2, 0) is 9.59 Å². The number of rotatable bonds is 9. The molecule has 24 heavy (non-hydrogen) atoms. The standard InChI is InChI=1S/C15H19ClN2O6/c1-9(2)7-11(15(20)21)17-14(19)5-6-24-13-4-3-10(16)8-12(13)18(22)23/h3-4,8-9,11H,5-7H2,1-2H3,(H,17,19)(H,20,21). The molecule has 0 radical (unpaired) electrons. The van der Waals surface area contributed by atoms with Crippen molar-refractivity contribution in [1.82, 2.24) is 5.32 Å². The maximum absolute atomic E-state index is 11.8. The summed E-state index contributed by atoms with van der Waals surface area (Å²) in [7, 11) is 0. The van der Waals surface area contributed by atoms with E-state index in [1.165, 1.54) is 12.1 Å². The van der Waals surface area contributed by atoms with Crippen LogP contribution in [-0.4, -0.2) is 34.6 Å². The zero-order chi connectivity index (χ0) is 18.3. The molecule has 1 amide bonds. The Labute approximate surface area is 143 Å². The Hall–Kier alpha value is -2.35. The lowest BCUT2D eigenvalue weighted by Crippen LogP contribution is -2.42. The summed E-state index contributed by atoms with van der Waals surface area (Å²) in [5.41, 5.74) is -0.300. The van der Waals surface area contributed by atoms with Gasteiger partial charge in [-0.1, -0.05) is 25.4 Å². The molecule has 132 valence electrons. The predicted octanol–water partition coefficient (Wildman–Crippen LogP) is 2.63. The molecule has 1 unspecified atom stereocenters. The van der Waals surface area contributed by atoms with Crippen LogP contribution in [0.25, 0.3) is 0 Å². The minimum atomic E-state index is -1.11. The Balaban J connectivity index is 2.57. The predicted molar refractivity (Wildman–Crippen MR) is 87.2 cm³/mol. The van der Waals surface area contributed by atoms with Crippen molar-refractivity contribution < 1.29 is 24.4 Å². The minimum Gasteiger partial charge on any atom is -0.486 e. The van der Waals surface area contributed by atoms with Crippen LogP contribution < -0.4 is 10.1 Å². The molecule has 0 saturated heterocycles. The highest BCUT2D eigenvalue weighted by Crippen LogP contribution is 2.29. The second kappa shape index (κ2) is 9.07. The number of nitrogens with zero attached hydrogens (tertiary/aromatic N) is 1. The first kappa shape index (κ1) is 19.7. The first-order chi connectivity index (χ1) is 11.2. The van der Waals surface area contributed by atoms with Gasteiger partial charge >= 0.3 is 11.7 Å². The highest BCUT2D eigenvalue weighted by Gasteiger charge is 2.21. The summed E-state index contributed by atoms with van der Waals surface area (Å²) in [6.07, 6.45) is 0.187. The third-order valence-electron chi connectivity index (χ3n) is 3.04. The van der Waals surface area contributed by atoms with E-state index in [1.807, 2.05) is 13.8 Å². The fraction of sp³-hybridized carbons (Fsp3) is 0.467. The van der Waals surface area contributed by atoms with Crippen molar-refractivity contribution in [2.24, 2.45) is 5.92 Å².